The normalized spacial score (nSPS) is 12.9. The molecule has 5 nitrogen and oxygen atoms in total. The zero-order chi connectivity index (χ0) is 16.5. The Labute approximate surface area is 141 Å². The molecule has 124 valence electrons. The topological polar surface area (TPSA) is 62.5 Å². The number of nitrogens with zero attached hydrogens (tertiary/aromatic N) is 2. The van der Waals surface area contributed by atoms with Crippen LogP contribution < -0.4 is 10.6 Å². The molecule has 2 N–H and O–H groups in total. The van der Waals surface area contributed by atoms with E-state index in [1.165, 1.54) is 4.90 Å². The Morgan fingerprint density at radius 1 is 1.30 bits per heavy atom. The summed E-state index contributed by atoms with van der Waals surface area (Å²) in [7, 11) is 1.77. The van der Waals surface area contributed by atoms with Gasteiger partial charge in [0.25, 0.3) is 0 Å². The molecule has 23 heavy (non-hydrogen) atoms. The van der Waals surface area contributed by atoms with E-state index in [0.29, 0.717) is 11.8 Å². The van der Waals surface area contributed by atoms with E-state index < -0.39 is 0 Å². The lowest BCUT2D eigenvalue weighted by atomic mass is 10.3. The van der Waals surface area contributed by atoms with Crippen molar-refractivity contribution in [3.05, 3.63) is 47.9 Å². The van der Waals surface area contributed by atoms with Crippen LogP contribution in [0.1, 0.15) is 25.3 Å². The van der Waals surface area contributed by atoms with Gasteiger partial charge >= 0.3 is 0 Å². The van der Waals surface area contributed by atoms with Gasteiger partial charge in [-0.25, -0.2) is 0 Å². The maximum Gasteiger partial charge on any atom is 0.191 e. The van der Waals surface area contributed by atoms with Crippen molar-refractivity contribution in [3.8, 4) is 0 Å². The van der Waals surface area contributed by atoms with Gasteiger partial charge in [-0.3, -0.25) is 4.99 Å². The molecule has 2 aromatic rings. The van der Waals surface area contributed by atoms with Gasteiger partial charge in [0, 0.05) is 29.8 Å². The highest BCUT2D eigenvalue weighted by molar-refractivity contribution is 8.00. The quantitative estimate of drug-likeness (QED) is 0.463. The predicted molar refractivity (Wildman–Crippen MR) is 95.8 cm³/mol. The molecule has 0 aliphatic carbocycles. The van der Waals surface area contributed by atoms with E-state index in [-0.39, 0.29) is 0 Å². The summed E-state index contributed by atoms with van der Waals surface area (Å²) in [6.45, 7) is 5.66. The van der Waals surface area contributed by atoms with Crippen LogP contribution in [0.4, 0.5) is 0 Å². The molecule has 0 aliphatic heterocycles. The summed E-state index contributed by atoms with van der Waals surface area (Å²) in [4.78, 5) is 5.51. The number of thioether (sulfide) groups is 1. The standard InChI is InChI=1S/C17H24N4OS/c1-4-14-10-15(22-21-14)12-20-17(18-3)19-11-13(2)23-16-8-6-5-7-9-16/h5-10,13H,4,11-12H2,1-3H3,(H2,18,19,20). The van der Waals surface area contributed by atoms with Gasteiger partial charge in [0.05, 0.1) is 12.2 Å². The van der Waals surface area contributed by atoms with Gasteiger partial charge in [0.2, 0.25) is 0 Å². The molecular formula is C17H24N4OS. The maximum atomic E-state index is 5.26. The first kappa shape index (κ1) is 17.4. The number of nitrogens with one attached hydrogen (secondary N) is 2. The third kappa shape index (κ3) is 5.98. The second kappa shape index (κ2) is 9.25. The molecule has 0 amide bonds. The maximum absolute atomic E-state index is 5.26. The molecule has 1 unspecified atom stereocenters. The van der Waals surface area contributed by atoms with Gasteiger partial charge in [-0.1, -0.05) is 37.2 Å². The fourth-order valence-corrected chi connectivity index (χ4v) is 2.96. The zero-order valence-corrected chi connectivity index (χ0v) is 14.7. The van der Waals surface area contributed by atoms with Gasteiger partial charge in [-0.05, 0) is 18.6 Å². The van der Waals surface area contributed by atoms with Crippen LogP contribution in [0.3, 0.4) is 0 Å². The second-order valence-corrected chi connectivity index (χ2v) is 6.70. The van der Waals surface area contributed by atoms with Crippen LogP contribution in [0.15, 0.2) is 50.8 Å². The molecule has 0 saturated heterocycles. The van der Waals surface area contributed by atoms with Gasteiger partial charge in [-0.15, -0.1) is 11.8 Å². The average Bonchev–Trinajstić information content (AvgIpc) is 3.04. The monoisotopic (exact) mass is 332 g/mol. The van der Waals surface area contributed by atoms with Gasteiger partial charge < -0.3 is 15.2 Å². The summed E-state index contributed by atoms with van der Waals surface area (Å²) < 4.78 is 5.26. The van der Waals surface area contributed by atoms with Crippen molar-refractivity contribution in [2.45, 2.75) is 37.0 Å². The first-order valence-corrected chi connectivity index (χ1v) is 8.70. The van der Waals surface area contributed by atoms with Crippen LogP contribution in [0.25, 0.3) is 0 Å². The summed E-state index contributed by atoms with van der Waals surface area (Å²) >= 11 is 1.84. The van der Waals surface area contributed by atoms with Crippen LogP contribution in [0.5, 0.6) is 0 Å². The molecular weight excluding hydrogens is 308 g/mol. The number of aliphatic imine (C=N–C) groups is 1. The van der Waals surface area contributed by atoms with E-state index in [2.05, 4.69) is 58.9 Å². The van der Waals surface area contributed by atoms with Gasteiger partial charge in [0.15, 0.2) is 11.7 Å². The fourth-order valence-electron chi connectivity index (χ4n) is 2.01. The minimum Gasteiger partial charge on any atom is -0.359 e. The van der Waals surface area contributed by atoms with Crippen LogP contribution in [0.2, 0.25) is 0 Å². The van der Waals surface area contributed by atoms with E-state index in [9.17, 15) is 0 Å². The molecule has 1 heterocycles. The summed E-state index contributed by atoms with van der Waals surface area (Å²) in [5.41, 5.74) is 0.970. The summed E-state index contributed by atoms with van der Waals surface area (Å²) in [6, 6.07) is 12.4. The molecule has 6 heteroatoms. The lowest BCUT2D eigenvalue weighted by molar-refractivity contribution is 0.374. The number of rotatable bonds is 7. The van der Waals surface area contributed by atoms with Crippen LogP contribution in [-0.2, 0) is 13.0 Å². The average molecular weight is 332 g/mol. The molecule has 1 atom stereocenters. The van der Waals surface area contributed by atoms with Crippen LogP contribution >= 0.6 is 11.8 Å². The molecule has 0 saturated carbocycles. The van der Waals surface area contributed by atoms with E-state index in [4.69, 9.17) is 4.52 Å². The smallest absolute Gasteiger partial charge is 0.191 e. The third-order valence-electron chi connectivity index (χ3n) is 3.26. The first-order valence-electron chi connectivity index (χ1n) is 7.82. The van der Waals surface area contributed by atoms with Crippen LogP contribution in [0, 0.1) is 0 Å². The van der Waals surface area contributed by atoms with Crippen molar-refractivity contribution in [2.24, 2.45) is 4.99 Å². The molecule has 0 spiro atoms. The molecule has 2 rings (SSSR count). The molecule has 1 aromatic carbocycles. The zero-order valence-electron chi connectivity index (χ0n) is 13.9. The van der Waals surface area contributed by atoms with Crippen molar-refractivity contribution in [1.29, 1.82) is 0 Å². The largest absolute Gasteiger partial charge is 0.359 e. The highest BCUT2D eigenvalue weighted by atomic mass is 32.2. The first-order chi connectivity index (χ1) is 11.2. The number of aromatic nitrogens is 1. The van der Waals surface area contributed by atoms with Gasteiger partial charge in [-0.2, -0.15) is 0 Å². The summed E-state index contributed by atoms with van der Waals surface area (Å²) in [5, 5.41) is 11.0. The van der Waals surface area contributed by atoms with Crippen molar-refractivity contribution in [3.63, 3.8) is 0 Å². The Morgan fingerprint density at radius 2 is 2.09 bits per heavy atom. The number of guanidine groups is 1. The summed E-state index contributed by atoms with van der Waals surface area (Å²) in [6.07, 6.45) is 0.880. The SMILES string of the molecule is CCc1cc(CNC(=NC)NCC(C)Sc2ccccc2)on1. The highest BCUT2D eigenvalue weighted by Crippen LogP contribution is 2.21. The Bertz CT molecular complexity index is 612. The molecule has 0 bridgehead atoms. The van der Waals surface area contributed by atoms with Crippen LogP contribution in [-0.4, -0.2) is 30.0 Å². The number of benzene rings is 1. The number of hydrogen-bond donors (Lipinski definition) is 2. The van der Waals surface area contributed by atoms with E-state index in [0.717, 1.165) is 30.4 Å². The molecule has 1 aromatic heterocycles. The second-order valence-electron chi connectivity index (χ2n) is 5.19. The third-order valence-corrected chi connectivity index (χ3v) is 4.37. The lowest BCUT2D eigenvalue weighted by Crippen LogP contribution is -2.39. The predicted octanol–water partition coefficient (Wildman–Crippen LogP) is 3.08. The lowest BCUT2D eigenvalue weighted by Gasteiger charge is -2.15. The minimum atomic E-state index is 0.438. The Morgan fingerprint density at radius 3 is 2.74 bits per heavy atom. The van der Waals surface area contributed by atoms with Crippen molar-refractivity contribution >= 4 is 17.7 Å². The molecule has 0 radical (unpaired) electrons. The number of aryl methyl sites for hydroxylation is 1. The van der Waals surface area contributed by atoms with Crippen molar-refractivity contribution in [2.75, 3.05) is 13.6 Å². The highest BCUT2D eigenvalue weighted by Gasteiger charge is 2.07. The Hall–Kier alpha value is -1.95. The van der Waals surface area contributed by atoms with Crippen molar-refractivity contribution in [1.82, 2.24) is 15.8 Å². The van der Waals surface area contributed by atoms with Gasteiger partial charge in [0.1, 0.15) is 0 Å². The fraction of sp³-hybridized carbons (Fsp3) is 0.412. The minimum absolute atomic E-state index is 0.438. The Balaban J connectivity index is 1.74. The Kier molecular flexibility index (Phi) is 7.00. The van der Waals surface area contributed by atoms with E-state index in [1.54, 1.807) is 7.05 Å². The summed E-state index contributed by atoms with van der Waals surface area (Å²) in [5.74, 6) is 1.58. The van der Waals surface area contributed by atoms with E-state index >= 15 is 0 Å². The number of hydrogen-bond acceptors (Lipinski definition) is 4. The molecule has 0 aliphatic rings. The van der Waals surface area contributed by atoms with E-state index in [1.807, 2.05) is 23.9 Å². The molecule has 0 fully saturated rings. The van der Waals surface area contributed by atoms with Crippen molar-refractivity contribution < 1.29 is 4.52 Å².